The van der Waals surface area contributed by atoms with E-state index in [1.54, 1.807) is 0 Å². The number of rotatable bonds is 9. The maximum atomic E-state index is 4.51. The highest BCUT2D eigenvalue weighted by atomic mass is 14.9. The molecular formula is C29H35N. The number of hydrogen-bond acceptors (Lipinski definition) is 1. The summed E-state index contributed by atoms with van der Waals surface area (Å²) in [7, 11) is 0. The van der Waals surface area contributed by atoms with Crippen LogP contribution in [0.3, 0.4) is 0 Å². The van der Waals surface area contributed by atoms with Gasteiger partial charge in [-0.2, -0.15) is 0 Å². The van der Waals surface area contributed by atoms with E-state index in [2.05, 4.69) is 106 Å². The van der Waals surface area contributed by atoms with Gasteiger partial charge in [-0.05, 0) is 70.3 Å². The van der Waals surface area contributed by atoms with Crippen molar-refractivity contribution in [1.29, 1.82) is 0 Å². The zero-order valence-electron chi connectivity index (χ0n) is 19.0. The predicted molar refractivity (Wildman–Crippen MR) is 132 cm³/mol. The average molecular weight is 398 g/mol. The summed E-state index contributed by atoms with van der Waals surface area (Å²) in [4.78, 5) is 0. The summed E-state index contributed by atoms with van der Waals surface area (Å²) in [6, 6.07) is 24.2. The third-order valence-corrected chi connectivity index (χ3v) is 6.19. The summed E-state index contributed by atoms with van der Waals surface area (Å²) >= 11 is 0. The van der Waals surface area contributed by atoms with Crippen LogP contribution in [0.5, 0.6) is 0 Å². The lowest BCUT2D eigenvalue weighted by Crippen LogP contribution is -2.04. The maximum Gasteiger partial charge on any atom is 0.0400 e. The Kier molecular flexibility index (Phi) is 7.52. The van der Waals surface area contributed by atoms with Crippen LogP contribution in [0.1, 0.15) is 67.0 Å². The molecular weight excluding hydrogens is 362 g/mol. The molecule has 3 aromatic rings. The smallest absolute Gasteiger partial charge is 0.0400 e. The fourth-order valence-corrected chi connectivity index (χ4v) is 4.13. The molecule has 0 spiro atoms. The van der Waals surface area contributed by atoms with E-state index in [0.29, 0.717) is 5.92 Å². The third-order valence-electron chi connectivity index (χ3n) is 6.19. The SMILES string of the molecule is C=C(c1ccc(NCc2ccccc2)cc1CC)C(C)c1ccc(CC)c(CC)c1. The molecule has 0 fully saturated rings. The number of aryl methyl sites for hydroxylation is 3. The standard InChI is InChI=1S/C29H35N/c1-6-24-14-15-27(18-25(24)7-2)21(4)22(5)29-17-16-28(19-26(29)8-3)30-20-23-12-10-9-11-13-23/h9-19,21,30H,5-8,20H2,1-4H3. The van der Waals surface area contributed by atoms with Gasteiger partial charge in [0.15, 0.2) is 0 Å². The van der Waals surface area contributed by atoms with Crippen LogP contribution < -0.4 is 5.32 Å². The summed E-state index contributed by atoms with van der Waals surface area (Å²) in [5.74, 6) is 0.301. The lowest BCUT2D eigenvalue weighted by molar-refractivity contribution is 0.957. The minimum absolute atomic E-state index is 0.301. The minimum Gasteiger partial charge on any atom is -0.381 e. The second-order valence-corrected chi connectivity index (χ2v) is 8.05. The first-order chi connectivity index (χ1) is 14.6. The van der Waals surface area contributed by atoms with E-state index >= 15 is 0 Å². The van der Waals surface area contributed by atoms with Crippen molar-refractivity contribution in [3.63, 3.8) is 0 Å². The van der Waals surface area contributed by atoms with Crippen LogP contribution in [0, 0.1) is 0 Å². The van der Waals surface area contributed by atoms with Crippen LogP contribution in [0.15, 0.2) is 73.3 Å². The molecule has 1 unspecified atom stereocenters. The van der Waals surface area contributed by atoms with Crippen molar-refractivity contribution in [2.75, 3.05) is 5.32 Å². The van der Waals surface area contributed by atoms with Crippen molar-refractivity contribution >= 4 is 11.3 Å². The molecule has 1 heteroatoms. The highest BCUT2D eigenvalue weighted by molar-refractivity contribution is 5.73. The van der Waals surface area contributed by atoms with Gasteiger partial charge >= 0.3 is 0 Å². The van der Waals surface area contributed by atoms with Crippen LogP contribution in [0.2, 0.25) is 0 Å². The first-order valence-electron chi connectivity index (χ1n) is 11.3. The zero-order valence-corrected chi connectivity index (χ0v) is 19.0. The Labute approximate surface area is 182 Å². The zero-order chi connectivity index (χ0) is 21.5. The Hall–Kier alpha value is -2.80. The Balaban J connectivity index is 1.79. The van der Waals surface area contributed by atoms with E-state index in [4.69, 9.17) is 0 Å². The van der Waals surface area contributed by atoms with Crippen molar-refractivity contribution in [3.8, 4) is 0 Å². The van der Waals surface area contributed by atoms with Crippen LogP contribution in [-0.4, -0.2) is 0 Å². The summed E-state index contributed by atoms with van der Waals surface area (Å²) in [5.41, 5.74) is 10.6. The number of nitrogens with one attached hydrogen (secondary N) is 1. The molecule has 0 bridgehead atoms. The topological polar surface area (TPSA) is 12.0 Å². The van der Waals surface area contributed by atoms with Crippen molar-refractivity contribution in [1.82, 2.24) is 0 Å². The van der Waals surface area contributed by atoms with Gasteiger partial charge in [0.25, 0.3) is 0 Å². The molecule has 0 aliphatic heterocycles. The monoisotopic (exact) mass is 397 g/mol. The van der Waals surface area contributed by atoms with Gasteiger partial charge < -0.3 is 5.32 Å². The summed E-state index contributed by atoms with van der Waals surface area (Å²) in [6.07, 6.45) is 3.17. The van der Waals surface area contributed by atoms with Crippen molar-refractivity contribution < 1.29 is 0 Å². The molecule has 0 aliphatic carbocycles. The van der Waals surface area contributed by atoms with Gasteiger partial charge in [-0.3, -0.25) is 0 Å². The lowest BCUT2D eigenvalue weighted by Gasteiger charge is -2.21. The second kappa shape index (κ2) is 10.3. The number of benzene rings is 3. The van der Waals surface area contributed by atoms with Gasteiger partial charge in [0.2, 0.25) is 0 Å². The number of anilines is 1. The molecule has 156 valence electrons. The van der Waals surface area contributed by atoms with E-state index in [1.807, 2.05) is 0 Å². The fraction of sp³-hybridized carbons (Fsp3) is 0.310. The molecule has 0 aliphatic rings. The summed E-state index contributed by atoms with van der Waals surface area (Å²) in [6.45, 7) is 14.3. The Bertz CT molecular complexity index is 985. The molecule has 0 saturated carbocycles. The molecule has 0 radical (unpaired) electrons. The average Bonchev–Trinajstić information content (AvgIpc) is 2.81. The molecule has 0 heterocycles. The molecule has 1 nitrogen and oxygen atoms in total. The molecule has 0 saturated heterocycles. The van der Waals surface area contributed by atoms with Gasteiger partial charge in [-0.25, -0.2) is 0 Å². The van der Waals surface area contributed by atoms with Gasteiger partial charge in [-0.1, -0.05) is 88.9 Å². The number of allylic oxidation sites excluding steroid dienone is 1. The lowest BCUT2D eigenvalue weighted by atomic mass is 9.85. The predicted octanol–water partition coefficient (Wildman–Crippen LogP) is 7.80. The van der Waals surface area contributed by atoms with Gasteiger partial charge in [0.1, 0.15) is 0 Å². The number of hydrogen-bond donors (Lipinski definition) is 1. The van der Waals surface area contributed by atoms with Gasteiger partial charge in [0, 0.05) is 18.2 Å². The molecule has 0 amide bonds. The summed E-state index contributed by atoms with van der Waals surface area (Å²) in [5, 5.41) is 3.56. The molecule has 1 atom stereocenters. The van der Waals surface area contributed by atoms with Crippen LogP contribution in [-0.2, 0) is 25.8 Å². The highest BCUT2D eigenvalue weighted by Crippen LogP contribution is 2.34. The second-order valence-electron chi connectivity index (χ2n) is 8.05. The van der Waals surface area contributed by atoms with Gasteiger partial charge in [-0.15, -0.1) is 0 Å². The van der Waals surface area contributed by atoms with Crippen LogP contribution >= 0.6 is 0 Å². The van der Waals surface area contributed by atoms with E-state index < -0.39 is 0 Å². The van der Waals surface area contributed by atoms with E-state index in [-0.39, 0.29) is 0 Å². The minimum atomic E-state index is 0.301. The Morgan fingerprint density at radius 1 is 0.800 bits per heavy atom. The normalized spacial score (nSPS) is 11.9. The van der Waals surface area contributed by atoms with E-state index in [9.17, 15) is 0 Å². The van der Waals surface area contributed by atoms with E-state index in [0.717, 1.165) is 25.8 Å². The quantitative estimate of drug-likeness (QED) is 0.388. The molecule has 3 aromatic carbocycles. The van der Waals surface area contributed by atoms with Crippen LogP contribution in [0.25, 0.3) is 5.57 Å². The molecule has 30 heavy (non-hydrogen) atoms. The first-order valence-corrected chi connectivity index (χ1v) is 11.3. The Morgan fingerprint density at radius 3 is 2.17 bits per heavy atom. The largest absolute Gasteiger partial charge is 0.381 e. The summed E-state index contributed by atoms with van der Waals surface area (Å²) < 4.78 is 0. The molecule has 3 rings (SSSR count). The third kappa shape index (κ3) is 5.02. The fourth-order valence-electron chi connectivity index (χ4n) is 4.13. The first kappa shape index (κ1) is 21.9. The maximum absolute atomic E-state index is 4.51. The molecule has 1 N–H and O–H groups in total. The van der Waals surface area contributed by atoms with Crippen molar-refractivity contribution in [3.05, 3.63) is 107 Å². The van der Waals surface area contributed by atoms with Crippen molar-refractivity contribution in [2.24, 2.45) is 0 Å². The van der Waals surface area contributed by atoms with Gasteiger partial charge in [0.05, 0.1) is 0 Å². The Morgan fingerprint density at radius 2 is 1.50 bits per heavy atom. The van der Waals surface area contributed by atoms with Crippen molar-refractivity contribution in [2.45, 2.75) is 59.4 Å². The van der Waals surface area contributed by atoms with Crippen LogP contribution in [0.4, 0.5) is 5.69 Å². The molecule has 0 aromatic heterocycles. The van der Waals surface area contributed by atoms with E-state index in [1.165, 1.54) is 44.6 Å². The highest BCUT2D eigenvalue weighted by Gasteiger charge is 2.15.